The molecule has 2 aromatic rings. The van der Waals surface area contributed by atoms with Gasteiger partial charge in [0.2, 0.25) is 5.78 Å². The van der Waals surface area contributed by atoms with E-state index in [0.717, 1.165) is 11.3 Å². The van der Waals surface area contributed by atoms with Crippen molar-refractivity contribution in [2.24, 2.45) is 0 Å². The smallest absolute Gasteiger partial charge is 0.203 e. The highest BCUT2D eigenvalue weighted by Crippen LogP contribution is 2.65. The normalized spacial score (nSPS) is 28.5. The quantitative estimate of drug-likeness (QED) is 0.655. The van der Waals surface area contributed by atoms with Gasteiger partial charge in [-0.25, -0.2) is 0 Å². The molecule has 1 aromatic carbocycles. The maximum atomic E-state index is 13.5. The Kier molecular flexibility index (Phi) is 2.50. The van der Waals surface area contributed by atoms with Crippen molar-refractivity contribution >= 4 is 39.1 Å². The molecular formula is C21H10N2O4S. The highest BCUT2D eigenvalue weighted by Gasteiger charge is 2.81. The van der Waals surface area contributed by atoms with Gasteiger partial charge in [-0.05, 0) is 12.2 Å². The summed E-state index contributed by atoms with van der Waals surface area (Å²) in [5.41, 5.74) is 4.51. The van der Waals surface area contributed by atoms with Gasteiger partial charge in [0.25, 0.3) is 0 Å². The molecule has 1 saturated heterocycles. The predicted molar refractivity (Wildman–Crippen MR) is 101 cm³/mol. The number of hydrogen-bond donors (Lipinski definition) is 2. The molecule has 134 valence electrons. The fraction of sp³-hybridized carbons (Fsp3) is 0.0952. The van der Waals surface area contributed by atoms with Gasteiger partial charge in [0.1, 0.15) is 16.8 Å². The first-order valence-electron chi connectivity index (χ1n) is 8.53. The summed E-state index contributed by atoms with van der Waals surface area (Å²) < 4.78 is 6.49. The van der Waals surface area contributed by atoms with Gasteiger partial charge in [0.15, 0.2) is 17.0 Å². The van der Waals surface area contributed by atoms with Gasteiger partial charge in [0.05, 0.1) is 11.1 Å². The van der Waals surface area contributed by atoms with Crippen LogP contribution in [0.25, 0.3) is 11.1 Å². The molecule has 2 atom stereocenters. The van der Waals surface area contributed by atoms with Crippen LogP contribution < -0.4 is 15.5 Å². The average Bonchev–Trinajstić information content (AvgIpc) is 3.23. The molecule has 3 N–H and O–H groups in total. The molecule has 4 aliphatic rings. The third-order valence-electron chi connectivity index (χ3n) is 5.85. The second-order valence-corrected chi connectivity index (χ2v) is 8.09. The van der Waals surface area contributed by atoms with E-state index in [0.29, 0.717) is 26.5 Å². The second-order valence-electron chi connectivity index (χ2n) is 7.04. The Labute approximate surface area is 161 Å². The van der Waals surface area contributed by atoms with Crippen molar-refractivity contribution in [3.05, 3.63) is 74.7 Å². The molecule has 1 fully saturated rings. The number of anilines is 1. The summed E-state index contributed by atoms with van der Waals surface area (Å²) >= 11 is 1.07. The highest BCUT2D eigenvalue weighted by molar-refractivity contribution is 7.14. The fourth-order valence-corrected chi connectivity index (χ4v) is 5.82. The number of thiophene rings is 1. The van der Waals surface area contributed by atoms with E-state index >= 15 is 0 Å². The number of benzene rings is 1. The molecule has 3 aliphatic carbocycles. The van der Waals surface area contributed by atoms with E-state index in [2.05, 4.69) is 6.07 Å². The number of nitriles is 1. The maximum Gasteiger partial charge on any atom is 0.203 e. The molecule has 0 saturated carbocycles. The third kappa shape index (κ3) is 1.36. The summed E-state index contributed by atoms with van der Waals surface area (Å²) in [6.07, 6.45) is 4.73. The Morgan fingerprint density at radius 1 is 1.18 bits per heavy atom. The lowest BCUT2D eigenvalue weighted by Gasteiger charge is -2.29. The summed E-state index contributed by atoms with van der Waals surface area (Å²) in [6.45, 7) is 0. The SMILES string of the molecule is N#Cc1c(N)sc2c1=C1C(O)=CC=C[C@@]13O[C@]31C(=O)c3ccccc3C(=O)C=21. The largest absolute Gasteiger partial charge is 0.508 e. The van der Waals surface area contributed by atoms with E-state index in [1.54, 1.807) is 36.4 Å². The Morgan fingerprint density at radius 2 is 1.93 bits per heavy atom. The van der Waals surface area contributed by atoms with Crippen LogP contribution in [-0.2, 0) is 4.74 Å². The van der Waals surface area contributed by atoms with Crippen LogP contribution in [0.3, 0.4) is 0 Å². The van der Waals surface area contributed by atoms with Gasteiger partial charge in [0, 0.05) is 26.5 Å². The minimum absolute atomic E-state index is 0.104. The van der Waals surface area contributed by atoms with E-state index in [4.69, 9.17) is 10.5 Å². The monoisotopic (exact) mass is 386 g/mol. The number of nitrogens with two attached hydrogens (primary N) is 1. The van der Waals surface area contributed by atoms with Gasteiger partial charge in [-0.2, -0.15) is 5.26 Å². The molecule has 1 aliphatic heterocycles. The molecular weight excluding hydrogens is 376 g/mol. The lowest BCUT2D eigenvalue weighted by Crippen LogP contribution is -2.52. The van der Waals surface area contributed by atoms with Crippen LogP contribution in [0.4, 0.5) is 5.00 Å². The van der Waals surface area contributed by atoms with E-state index in [9.17, 15) is 20.0 Å². The summed E-state index contributed by atoms with van der Waals surface area (Å²) in [7, 11) is 0. The fourth-order valence-electron chi connectivity index (χ4n) is 4.71. The van der Waals surface area contributed by atoms with Crippen LogP contribution in [0.5, 0.6) is 0 Å². The predicted octanol–water partition coefficient (Wildman–Crippen LogP) is 1.12. The average molecular weight is 386 g/mol. The van der Waals surface area contributed by atoms with Crippen LogP contribution in [0.15, 0.2) is 48.3 Å². The number of hydrogen-bond acceptors (Lipinski definition) is 7. The van der Waals surface area contributed by atoms with Gasteiger partial charge in [-0.1, -0.05) is 30.3 Å². The molecule has 6 rings (SSSR count). The highest BCUT2D eigenvalue weighted by atomic mass is 32.1. The van der Waals surface area contributed by atoms with Crippen LogP contribution >= 0.6 is 11.3 Å². The first-order chi connectivity index (χ1) is 13.5. The molecule has 2 spiro atoms. The number of ether oxygens (including phenoxy) is 1. The van der Waals surface area contributed by atoms with Crippen molar-refractivity contribution in [2.45, 2.75) is 11.2 Å². The number of carbonyl (C=O) groups excluding carboxylic acids is 2. The molecule has 1 aromatic heterocycles. The number of epoxide rings is 1. The van der Waals surface area contributed by atoms with E-state index in [1.807, 2.05) is 0 Å². The van der Waals surface area contributed by atoms with E-state index < -0.39 is 11.2 Å². The number of ketones is 2. The minimum Gasteiger partial charge on any atom is -0.508 e. The van der Waals surface area contributed by atoms with Crippen LogP contribution in [0, 0.1) is 11.3 Å². The summed E-state index contributed by atoms with van der Waals surface area (Å²) in [6, 6.07) is 8.69. The van der Waals surface area contributed by atoms with Crippen LogP contribution in [0.2, 0.25) is 0 Å². The van der Waals surface area contributed by atoms with Gasteiger partial charge >= 0.3 is 0 Å². The summed E-state index contributed by atoms with van der Waals surface area (Å²) in [5, 5.41) is 20.9. The molecule has 28 heavy (non-hydrogen) atoms. The molecule has 0 radical (unpaired) electrons. The minimum atomic E-state index is -1.54. The van der Waals surface area contributed by atoms with Crippen molar-refractivity contribution in [1.82, 2.24) is 0 Å². The van der Waals surface area contributed by atoms with Crippen molar-refractivity contribution in [3.8, 4) is 6.07 Å². The second kappa shape index (κ2) is 4.50. The van der Waals surface area contributed by atoms with E-state index in [1.165, 1.54) is 6.08 Å². The Balaban J connectivity index is 1.90. The van der Waals surface area contributed by atoms with Crippen molar-refractivity contribution in [3.63, 3.8) is 0 Å². The zero-order valence-corrected chi connectivity index (χ0v) is 15.0. The maximum absolute atomic E-state index is 13.5. The number of allylic oxidation sites excluding steroid dienone is 2. The molecule has 0 unspecified atom stereocenters. The number of Topliss-reactive ketones (excluding diaryl/α,β-unsaturated/α-hetero) is 2. The Bertz CT molecular complexity index is 1420. The number of rotatable bonds is 0. The van der Waals surface area contributed by atoms with Crippen LogP contribution in [0.1, 0.15) is 26.3 Å². The molecule has 2 heterocycles. The standard InChI is InChI=1S/C21H10N2O4S/c22-8-11-13-14-12(24)6-3-7-20(14)21(27-20)15(17(13)28-19(11)23)16(25)9-4-1-2-5-10(9)18(21)26/h1-7,24H,23H2/t20-,21-/m1/s1. The lowest BCUT2D eigenvalue weighted by molar-refractivity contribution is 0.0874. The summed E-state index contributed by atoms with van der Waals surface area (Å²) in [4.78, 5) is 27.0. The third-order valence-corrected chi connectivity index (χ3v) is 6.88. The van der Waals surface area contributed by atoms with Gasteiger partial charge in [-0.15, -0.1) is 11.3 Å². The van der Waals surface area contributed by atoms with Crippen molar-refractivity contribution in [2.75, 3.05) is 5.73 Å². The molecule has 0 amide bonds. The van der Waals surface area contributed by atoms with Crippen molar-refractivity contribution in [1.29, 1.82) is 5.26 Å². The first kappa shape index (κ1) is 15.6. The zero-order valence-electron chi connectivity index (χ0n) is 14.1. The topological polar surface area (TPSA) is 117 Å². The first-order valence-corrected chi connectivity index (χ1v) is 9.35. The van der Waals surface area contributed by atoms with Gasteiger partial charge < -0.3 is 15.6 Å². The Morgan fingerprint density at radius 3 is 2.68 bits per heavy atom. The Hall–Kier alpha value is -3.47. The van der Waals surface area contributed by atoms with Crippen LogP contribution in [-0.4, -0.2) is 27.9 Å². The van der Waals surface area contributed by atoms with Gasteiger partial charge in [-0.3, -0.25) is 9.59 Å². The lowest BCUT2D eigenvalue weighted by atomic mass is 9.66. The summed E-state index contributed by atoms with van der Waals surface area (Å²) in [5.74, 6) is -0.751. The number of aliphatic hydroxyl groups is 1. The zero-order chi connectivity index (χ0) is 19.4. The molecule has 7 heteroatoms. The van der Waals surface area contributed by atoms with Crippen molar-refractivity contribution < 1.29 is 19.4 Å². The van der Waals surface area contributed by atoms with E-state index in [-0.39, 0.29) is 33.5 Å². The molecule has 0 bridgehead atoms. The molecule has 6 nitrogen and oxygen atoms in total. The number of aliphatic hydroxyl groups excluding tert-OH is 1. The number of nitrogen functional groups attached to an aromatic ring is 1. The number of nitrogens with zero attached hydrogens (tertiary/aromatic N) is 1. The number of fused-ring (bicyclic) bond motifs is 2. The number of carbonyl (C=O) groups is 2.